The summed E-state index contributed by atoms with van der Waals surface area (Å²) in [5.41, 5.74) is -0.761. The zero-order valence-electron chi connectivity index (χ0n) is 18.7. The van der Waals surface area contributed by atoms with E-state index in [2.05, 4.69) is 37.6 Å². The third-order valence-corrected chi connectivity index (χ3v) is 9.44. The van der Waals surface area contributed by atoms with Gasteiger partial charge in [0.05, 0.1) is 19.3 Å². The van der Waals surface area contributed by atoms with Crippen molar-refractivity contribution in [2.45, 2.75) is 57.7 Å². The maximum atomic E-state index is 14.0. The largest absolute Gasteiger partial charge is 0.391 e. The van der Waals surface area contributed by atoms with Gasteiger partial charge in [-0.25, -0.2) is 0 Å². The van der Waals surface area contributed by atoms with Crippen LogP contribution >= 0.6 is 0 Å². The normalized spacial score (nSPS) is 47.9. The van der Waals surface area contributed by atoms with E-state index in [0.29, 0.717) is 12.2 Å². The zero-order chi connectivity index (χ0) is 22.5. The number of nitrogens with zero attached hydrogens (tertiary/aromatic N) is 1. The predicted octanol–water partition coefficient (Wildman–Crippen LogP) is 2.80. The van der Waals surface area contributed by atoms with Gasteiger partial charge >= 0.3 is 0 Å². The van der Waals surface area contributed by atoms with Crippen LogP contribution < -0.4 is 0 Å². The first-order valence-electron chi connectivity index (χ1n) is 11.7. The van der Waals surface area contributed by atoms with Gasteiger partial charge in [-0.3, -0.25) is 9.78 Å². The van der Waals surface area contributed by atoms with E-state index in [9.17, 15) is 15.0 Å². The second-order valence-corrected chi connectivity index (χ2v) is 11.1. The molecule has 4 aliphatic carbocycles. The summed E-state index contributed by atoms with van der Waals surface area (Å²) in [6.45, 7) is 8.95. The Bertz CT molecular complexity index is 1020. The number of carbonyl (C=O) groups excluding carboxylic acids is 1. The molecular formula is C26H31NO5. The number of ether oxygens (including phenoxy) is 2. The number of carbonyl (C=O) groups is 1. The molecule has 5 fully saturated rings. The smallest absolute Gasteiger partial charge is 0.211 e. The number of aliphatic hydroxyl groups is 2. The van der Waals surface area contributed by atoms with Crippen LogP contribution in [0.5, 0.6) is 0 Å². The summed E-state index contributed by atoms with van der Waals surface area (Å²) in [5, 5.41) is 23.7. The second-order valence-electron chi connectivity index (χ2n) is 11.1. The molecule has 0 aromatic carbocycles. The Balaban J connectivity index is 1.57. The number of aliphatic hydroxyl groups excluding tert-OH is 2. The fourth-order valence-electron chi connectivity index (χ4n) is 8.30. The molecule has 2 saturated heterocycles. The highest BCUT2D eigenvalue weighted by molar-refractivity contribution is 6.05. The third kappa shape index (κ3) is 2.11. The zero-order valence-corrected chi connectivity index (χ0v) is 18.7. The van der Waals surface area contributed by atoms with Crippen molar-refractivity contribution in [3.05, 3.63) is 54.4 Å². The summed E-state index contributed by atoms with van der Waals surface area (Å²) in [7, 11) is 0. The van der Waals surface area contributed by atoms with Gasteiger partial charge in [-0.05, 0) is 53.9 Å². The minimum Gasteiger partial charge on any atom is -0.391 e. The Morgan fingerprint density at radius 2 is 1.97 bits per heavy atom. The Kier molecular flexibility index (Phi) is 4.13. The molecule has 6 nitrogen and oxygen atoms in total. The Hall–Kier alpha value is -1.86. The number of hydrogen-bond acceptors (Lipinski definition) is 6. The topological polar surface area (TPSA) is 88.9 Å². The van der Waals surface area contributed by atoms with Crippen LogP contribution in [0, 0.1) is 34.0 Å². The molecule has 0 amide bonds. The molecule has 3 saturated carbocycles. The number of rotatable bonds is 3. The van der Waals surface area contributed by atoms with Crippen molar-refractivity contribution in [2.75, 3.05) is 6.61 Å². The molecule has 8 atom stereocenters. The first kappa shape index (κ1) is 20.7. The van der Waals surface area contributed by atoms with E-state index in [0.717, 1.165) is 24.8 Å². The van der Waals surface area contributed by atoms with E-state index in [1.54, 1.807) is 12.4 Å². The summed E-state index contributed by atoms with van der Waals surface area (Å²) in [6.07, 6.45) is 8.01. The molecular weight excluding hydrogens is 406 g/mol. The predicted molar refractivity (Wildman–Crippen MR) is 116 cm³/mol. The second kappa shape index (κ2) is 6.38. The fraction of sp³-hybridized carbons (Fsp3) is 0.615. The molecule has 0 unspecified atom stereocenters. The maximum absolute atomic E-state index is 14.0. The molecule has 3 heterocycles. The Labute approximate surface area is 188 Å². The number of Topliss-reactive ketones (excluding diaryl/α,β-unsaturated/α-hetero) is 1. The van der Waals surface area contributed by atoms with Crippen molar-refractivity contribution < 1.29 is 24.5 Å². The van der Waals surface area contributed by atoms with Crippen molar-refractivity contribution >= 4 is 5.78 Å². The lowest BCUT2D eigenvalue weighted by atomic mass is 9.37. The van der Waals surface area contributed by atoms with Crippen molar-refractivity contribution in [2.24, 2.45) is 34.0 Å². The molecule has 6 aliphatic rings. The molecule has 6 heteroatoms. The van der Waals surface area contributed by atoms with Gasteiger partial charge in [0.25, 0.3) is 0 Å². The molecule has 7 rings (SSSR count). The van der Waals surface area contributed by atoms with Crippen molar-refractivity contribution in [3.8, 4) is 0 Å². The molecule has 2 aliphatic heterocycles. The average Bonchev–Trinajstić information content (AvgIpc) is 2.87. The van der Waals surface area contributed by atoms with Crippen LogP contribution in [0.1, 0.15) is 38.7 Å². The van der Waals surface area contributed by atoms with Crippen molar-refractivity contribution in [1.29, 1.82) is 0 Å². The van der Waals surface area contributed by atoms with Crippen LogP contribution in [-0.2, 0) is 20.9 Å². The lowest BCUT2D eigenvalue weighted by Crippen LogP contribution is -2.83. The van der Waals surface area contributed by atoms with Gasteiger partial charge in [-0.15, -0.1) is 0 Å². The average molecular weight is 438 g/mol. The standard InChI is InChI=1S/C26H31NO5/c1-15-17-5-6-18-24-10-4-9-23(2,3)19(24)22(30)26(32-14-24,25(18,20(15)28)21(17)29)31-13-16-7-11-27-12-8-16/h4,7-8,10-12,17-19,21-22,29-30H,1,5-6,9,13-14H2,2-3H3/t17-,18-,19+,21+,22-,24+,25-,26+/m0/s1. The van der Waals surface area contributed by atoms with E-state index in [1.807, 2.05) is 12.1 Å². The lowest BCUT2D eigenvalue weighted by molar-refractivity contribution is -0.450. The first-order valence-corrected chi connectivity index (χ1v) is 11.7. The van der Waals surface area contributed by atoms with E-state index in [1.165, 1.54) is 0 Å². The highest BCUT2D eigenvalue weighted by Crippen LogP contribution is 2.76. The van der Waals surface area contributed by atoms with E-state index >= 15 is 0 Å². The number of allylic oxidation sites excluding steroid dienone is 1. The van der Waals surface area contributed by atoms with E-state index < -0.39 is 28.8 Å². The number of aromatic nitrogens is 1. The van der Waals surface area contributed by atoms with Crippen LogP contribution in [0.2, 0.25) is 0 Å². The van der Waals surface area contributed by atoms with Gasteiger partial charge in [-0.2, -0.15) is 0 Å². The molecule has 0 radical (unpaired) electrons. The van der Waals surface area contributed by atoms with Crippen LogP contribution in [0.4, 0.5) is 0 Å². The minimum absolute atomic E-state index is 0.146. The molecule has 2 N–H and O–H groups in total. The number of ketones is 1. The number of pyridine rings is 1. The Morgan fingerprint density at radius 3 is 2.72 bits per heavy atom. The first-order chi connectivity index (χ1) is 15.2. The minimum atomic E-state index is -1.62. The monoisotopic (exact) mass is 437 g/mol. The fourth-order valence-corrected chi connectivity index (χ4v) is 8.30. The van der Waals surface area contributed by atoms with E-state index in [4.69, 9.17) is 9.47 Å². The summed E-state index contributed by atoms with van der Waals surface area (Å²) >= 11 is 0. The summed E-state index contributed by atoms with van der Waals surface area (Å²) < 4.78 is 13.0. The van der Waals surface area contributed by atoms with Crippen molar-refractivity contribution in [1.82, 2.24) is 4.98 Å². The van der Waals surface area contributed by atoms with Crippen LogP contribution in [0.25, 0.3) is 0 Å². The van der Waals surface area contributed by atoms with Gasteiger partial charge in [0, 0.05) is 29.6 Å². The van der Waals surface area contributed by atoms with Crippen LogP contribution in [0.3, 0.4) is 0 Å². The SMILES string of the molecule is C=C1C(=O)[C@]23[C@H](O)[C@H]1CC[C@H]2[C@]12C=CCC(C)(C)[C@H]1[C@H](O)[C@@]3(OCc1ccncc1)OC2. The van der Waals surface area contributed by atoms with Gasteiger partial charge < -0.3 is 19.7 Å². The third-order valence-electron chi connectivity index (χ3n) is 9.44. The highest BCUT2D eigenvalue weighted by atomic mass is 16.7. The summed E-state index contributed by atoms with van der Waals surface area (Å²) in [4.78, 5) is 18.0. The van der Waals surface area contributed by atoms with Crippen LogP contribution in [0.15, 0.2) is 48.8 Å². The van der Waals surface area contributed by atoms with Gasteiger partial charge in [0.15, 0.2) is 5.78 Å². The molecule has 170 valence electrons. The molecule has 4 bridgehead atoms. The molecule has 2 spiro atoms. The molecule has 1 aromatic heterocycles. The van der Waals surface area contributed by atoms with Gasteiger partial charge in [0.2, 0.25) is 5.79 Å². The van der Waals surface area contributed by atoms with E-state index in [-0.39, 0.29) is 35.6 Å². The Morgan fingerprint density at radius 1 is 1.22 bits per heavy atom. The maximum Gasteiger partial charge on any atom is 0.211 e. The van der Waals surface area contributed by atoms with Crippen LogP contribution in [-0.4, -0.2) is 45.6 Å². The highest BCUT2D eigenvalue weighted by Gasteiger charge is 2.86. The number of fused-ring (bicyclic) bond motifs is 2. The van der Waals surface area contributed by atoms with Crippen molar-refractivity contribution in [3.63, 3.8) is 0 Å². The summed E-state index contributed by atoms with van der Waals surface area (Å²) in [6, 6.07) is 3.69. The lowest BCUT2D eigenvalue weighted by Gasteiger charge is -2.73. The van der Waals surface area contributed by atoms with Gasteiger partial charge in [-0.1, -0.05) is 32.6 Å². The number of hydrogen-bond donors (Lipinski definition) is 2. The quantitative estimate of drug-likeness (QED) is 0.558. The molecule has 1 aromatic rings. The molecule has 32 heavy (non-hydrogen) atoms. The summed E-state index contributed by atoms with van der Waals surface area (Å²) in [5.74, 6) is -2.45. The van der Waals surface area contributed by atoms with Gasteiger partial charge in [0.1, 0.15) is 11.5 Å².